The van der Waals surface area contributed by atoms with E-state index in [0.29, 0.717) is 6.54 Å². The van der Waals surface area contributed by atoms with Gasteiger partial charge in [0.2, 0.25) is 0 Å². The highest BCUT2D eigenvalue weighted by atomic mass is 35.5. The van der Waals surface area contributed by atoms with Crippen molar-refractivity contribution >= 4 is 12.4 Å². The molecule has 2 N–H and O–H groups in total. The summed E-state index contributed by atoms with van der Waals surface area (Å²) in [5.41, 5.74) is 5.37. The molecule has 0 radical (unpaired) electrons. The number of nitrogens with two attached hydrogens (primary N) is 1. The molecule has 0 heterocycles. The van der Waals surface area contributed by atoms with Crippen LogP contribution in [0.2, 0.25) is 0 Å². The molecule has 3 heteroatoms. The van der Waals surface area contributed by atoms with Gasteiger partial charge in [-0.15, -0.1) is 12.4 Å². The normalized spacial score (nSPS) is 21.5. The zero-order valence-electron chi connectivity index (χ0n) is 6.68. The average Bonchev–Trinajstić information content (AvgIpc) is 2.06. The van der Waals surface area contributed by atoms with Crippen LogP contribution in [-0.4, -0.2) is 6.54 Å². The van der Waals surface area contributed by atoms with Gasteiger partial charge in [0, 0.05) is 6.54 Å². The molecule has 1 fully saturated rings. The fraction of sp³-hybridized carbons (Fsp3) is 0.875. The Morgan fingerprint density at radius 3 is 2.09 bits per heavy atom. The Morgan fingerprint density at radius 2 is 1.82 bits per heavy atom. The molecule has 0 spiro atoms. The highest BCUT2D eigenvalue weighted by Crippen LogP contribution is 2.34. The summed E-state index contributed by atoms with van der Waals surface area (Å²) >= 11 is 0. The van der Waals surface area contributed by atoms with E-state index in [2.05, 4.69) is 6.07 Å². The minimum absolute atomic E-state index is 0. The summed E-state index contributed by atoms with van der Waals surface area (Å²) in [4.78, 5) is 0. The van der Waals surface area contributed by atoms with Gasteiger partial charge in [-0.2, -0.15) is 5.26 Å². The quantitative estimate of drug-likeness (QED) is 0.660. The van der Waals surface area contributed by atoms with Crippen molar-refractivity contribution < 1.29 is 0 Å². The summed E-state index contributed by atoms with van der Waals surface area (Å²) in [7, 11) is 0. The number of nitrogens with zero attached hydrogens (tertiary/aromatic N) is 1. The van der Waals surface area contributed by atoms with Crippen LogP contribution in [0, 0.1) is 16.7 Å². The lowest BCUT2D eigenvalue weighted by Crippen LogP contribution is -2.30. The topological polar surface area (TPSA) is 49.8 Å². The molecule has 1 saturated carbocycles. The van der Waals surface area contributed by atoms with Crippen molar-refractivity contribution in [1.82, 2.24) is 0 Å². The summed E-state index contributed by atoms with van der Waals surface area (Å²) < 4.78 is 0. The first-order valence-corrected chi connectivity index (χ1v) is 3.94. The van der Waals surface area contributed by atoms with Crippen molar-refractivity contribution in [2.75, 3.05) is 6.54 Å². The minimum Gasteiger partial charge on any atom is -0.329 e. The van der Waals surface area contributed by atoms with Gasteiger partial charge in [-0.25, -0.2) is 0 Å². The summed E-state index contributed by atoms with van der Waals surface area (Å²) in [6, 6.07) is 2.34. The molecule has 0 aromatic rings. The largest absolute Gasteiger partial charge is 0.329 e. The lowest BCUT2D eigenvalue weighted by molar-refractivity contribution is 0.277. The summed E-state index contributed by atoms with van der Waals surface area (Å²) in [6.45, 7) is 0.545. The van der Waals surface area contributed by atoms with E-state index in [1.165, 1.54) is 19.3 Å². The smallest absolute Gasteiger partial charge is 0.0703 e. The Labute approximate surface area is 74.2 Å². The Bertz CT molecular complexity index is 145. The van der Waals surface area contributed by atoms with Crippen molar-refractivity contribution in [1.29, 1.82) is 5.26 Å². The van der Waals surface area contributed by atoms with Gasteiger partial charge in [-0.05, 0) is 12.8 Å². The van der Waals surface area contributed by atoms with E-state index in [1.807, 2.05) is 0 Å². The van der Waals surface area contributed by atoms with E-state index < -0.39 is 0 Å². The van der Waals surface area contributed by atoms with E-state index in [9.17, 15) is 0 Å². The molecule has 0 bridgehead atoms. The fourth-order valence-corrected chi connectivity index (χ4v) is 1.59. The van der Waals surface area contributed by atoms with Crippen LogP contribution in [0.25, 0.3) is 0 Å². The van der Waals surface area contributed by atoms with Crippen LogP contribution in [0.15, 0.2) is 0 Å². The summed E-state index contributed by atoms with van der Waals surface area (Å²) in [5.74, 6) is 0. The van der Waals surface area contributed by atoms with Crippen LogP contribution in [0.4, 0.5) is 0 Å². The molecule has 2 nitrogen and oxygen atoms in total. The van der Waals surface area contributed by atoms with Crippen LogP contribution in [-0.2, 0) is 0 Å². The Morgan fingerprint density at radius 1 is 1.27 bits per heavy atom. The molecule has 1 aliphatic rings. The molecule has 64 valence electrons. The minimum atomic E-state index is -0.155. The first kappa shape index (κ1) is 10.7. The van der Waals surface area contributed by atoms with Gasteiger partial charge in [-0.1, -0.05) is 19.3 Å². The van der Waals surface area contributed by atoms with Gasteiger partial charge in [0.25, 0.3) is 0 Å². The third-order valence-electron chi connectivity index (χ3n) is 2.44. The van der Waals surface area contributed by atoms with Gasteiger partial charge in [-0.3, -0.25) is 0 Å². The molecule has 0 amide bonds. The van der Waals surface area contributed by atoms with E-state index in [1.54, 1.807) is 0 Å². The second kappa shape index (κ2) is 4.58. The summed E-state index contributed by atoms with van der Waals surface area (Å²) in [5, 5.41) is 8.81. The van der Waals surface area contributed by atoms with Crippen LogP contribution < -0.4 is 5.73 Å². The van der Waals surface area contributed by atoms with Crippen LogP contribution in [0.5, 0.6) is 0 Å². The van der Waals surface area contributed by atoms with Crippen molar-refractivity contribution in [2.45, 2.75) is 32.1 Å². The molecule has 0 aromatic heterocycles. The first-order valence-electron chi connectivity index (χ1n) is 3.94. The molecule has 1 aliphatic carbocycles. The zero-order valence-corrected chi connectivity index (χ0v) is 7.49. The SMILES string of the molecule is Cl.N#CC1(CN)CCCCC1. The maximum absolute atomic E-state index is 8.81. The number of hydrogen-bond acceptors (Lipinski definition) is 2. The Balaban J connectivity index is 0.000001000. The molecular formula is C8H15ClN2. The van der Waals surface area contributed by atoms with Crippen molar-refractivity contribution in [2.24, 2.45) is 11.1 Å². The number of hydrogen-bond donors (Lipinski definition) is 1. The highest BCUT2D eigenvalue weighted by molar-refractivity contribution is 5.85. The first-order chi connectivity index (χ1) is 4.83. The van der Waals surface area contributed by atoms with Gasteiger partial charge in [0.15, 0.2) is 0 Å². The third-order valence-corrected chi connectivity index (χ3v) is 2.44. The van der Waals surface area contributed by atoms with Gasteiger partial charge >= 0.3 is 0 Å². The van der Waals surface area contributed by atoms with E-state index in [-0.39, 0.29) is 17.8 Å². The molecule has 0 atom stereocenters. The lowest BCUT2D eigenvalue weighted by atomic mass is 9.75. The second-order valence-corrected chi connectivity index (χ2v) is 3.16. The molecule has 0 saturated heterocycles. The Kier molecular flexibility index (Phi) is 4.48. The van der Waals surface area contributed by atoms with Gasteiger partial charge in [0.05, 0.1) is 11.5 Å². The Hall–Kier alpha value is -0.260. The predicted molar refractivity (Wildman–Crippen MR) is 47.4 cm³/mol. The van der Waals surface area contributed by atoms with Gasteiger partial charge < -0.3 is 5.73 Å². The van der Waals surface area contributed by atoms with E-state index in [4.69, 9.17) is 11.0 Å². The number of rotatable bonds is 1. The monoisotopic (exact) mass is 174 g/mol. The van der Waals surface area contributed by atoms with Crippen LogP contribution >= 0.6 is 12.4 Å². The third kappa shape index (κ3) is 2.36. The molecule has 1 rings (SSSR count). The van der Waals surface area contributed by atoms with E-state index >= 15 is 0 Å². The lowest BCUT2D eigenvalue weighted by Gasteiger charge is -2.28. The standard InChI is InChI=1S/C8H14N2.ClH/c9-6-8(7-10)4-2-1-3-5-8;/h1-6,9H2;1H. The fourth-order valence-electron chi connectivity index (χ4n) is 1.59. The van der Waals surface area contributed by atoms with Gasteiger partial charge in [0.1, 0.15) is 0 Å². The molecule has 0 unspecified atom stereocenters. The molecule has 0 aromatic carbocycles. The van der Waals surface area contributed by atoms with Crippen molar-refractivity contribution in [3.8, 4) is 6.07 Å². The van der Waals surface area contributed by atoms with Crippen molar-refractivity contribution in [3.05, 3.63) is 0 Å². The predicted octanol–water partition coefficient (Wildman–Crippen LogP) is 1.84. The maximum Gasteiger partial charge on any atom is 0.0703 e. The second-order valence-electron chi connectivity index (χ2n) is 3.16. The maximum atomic E-state index is 8.81. The van der Waals surface area contributed by atoms with Crippen LogP contribution in [0.1, 0.15) is 32.1 Å². The van der Waals surface area contributed by atoms with E-state index in [0.717, 1.165) is 12.8 Å². The number of nitriles is 1. The van der Waals surface area contributed by atoms with Crippen LogP contribution in [0.3, 0.4) is 0 Å². The molecular weight excluding hydrogens is 160 g/mol. The zero-order chi connectivity index (χ0) is 7.45. The highest BCUT2D eigenvalue weighted by Gasteiger charge is 2.29. The molecule has 0 aliphatic heterocycles. The van der Waals surface area contributed by atoms with Crippen molar-refractivity contribution in [3.63, 3.8) is 0 Å². The summed E-state index contributed by atoms with van der Waals surface area (Å²) in [6.07, 6.45) is 5.68. The average molecular weight is 175 g/mol. The number of halogens is 1. The molecule has 11 heavy (non-hydrogen) atoms.